The van der Waals surface area contributed by atoms with E-state index in [-0.39, 0.29) is 0 Å². The molecule has 1 aliphatic carbocycles. The third-order valence-corrected chi connectivity index (χ3v) is 8.21. The van der Waals surface area contributed by atoms with Crippen LogP contribution in [0.4, 0.5) is 5.82 Å². The van der Waals surface area contributed by atoms with Crippen molar-refractivity contribution < 1.29 is 0 Å². The summed E-state index contributed by atoms with van der Waals surface area (Å²) in [6.07, 6.45) is 2.51. The number of rotatable bonds is 2. The van der Waals surface area contributed by atoms with Crippen molar-refractivity contribution in [1.82, 2.24) is 9.97 Å². The van der Waals surface area contributed by atoms with Crippen LogP contribution in [0.15, 0.2) is 0 Å². The molecule has 0 bridgehead atoms. The minimum absolute atomic E-state index is 0.396. The number of hydrogen-bond acceptors (Lipinski definition) is 5. The van der Waals surface area contributed by atoms with Gasteiger partial charge in [-0.1, -0.05) is 13.8 Å². The Labute approximate surface area is 136 Å². The van der Waals surface area contributed by atoms with Crippen LogP contribution in [0.3, 0.4) is 0 Å². The van der Waals surface area contributed by atoms with Crippen molar-refractivity contribution >= 4 is 51.9 Å². The lowest BCUT2D eigenvalue weighted by Crippen LogP contribution is -2.23. The first-order valence-corrected chi connectivity index (χ1v) is 9.73. The third kappa shape index (κ3) is 3.00. The molecule has 3 atom stereocenters. The van der Waals surface area contributed by atoms with Gasteiger partial charge in [0, 0.05) is 22.2 Å². The predicted octanol–water partition coefficient (Wildman–Crippen LogP) is 3.84. The van der Waals surface area contributed by atoms with Crippen LogP contribution in [0.2, 0.25) is 0 Å². The van der Waals surface area contributed by atoms with Crippen LogP contribution in [0.1, 0.15) is 49.4 Å². The zero-order valence-electron chi connectivity index (χ0n) is 11.1. The maximum atomic E-state index is 6.08. The van der Waals surface area contributed by atoms with Crippen LogP contribution in [-0.2, 0) is 0 Å². The maximum absolute atomic E-state index is 6.08. The van der Waals surface area contributed by atoms with Gasteiger partial charge in [0.05, 0.1) is 14.5 Å². The van der Waals surface area contributed by atoms with Gasteiger partial charge in [-0.2, -0.15) is 11.8 Å². The van der Waals surface area contributed by atoms with Gasteiger partial charge in [0.15, 0.2) is 0 Å². The Kier molecular flexibility index (Phi) is 4.20. The minimum Gasteiger partial charge on any atom is -0.383 e. The number of nitrogens with two attached hydrogens (primary N) is 1. The van der Waals surface area contributed by atoms with Gasteiger partial charge in [0.25, 0.3) is 0 Å². The van der Waals surface area contributed by atoms with E-state index < -0.39 is 0 Å². The number of aromatic nitrogens is 2. The monoisotopic (exact) mass is 407 g/mol. The van der Waals surface area contributed by atoms with Crippen molar-refractivity contribution in [3.05, 3.63) is 15.1 Å². The van der Waals surface area contributed by atoms with E-state index in [4.69, 9.17) is 10.7 Å². The first kappa shape index (κ1) is 14.3. The van der Waals surface area contributed by atoms with Crippen LogP contribution in [0.25, 0.3) is 0 Å². The van der Waals surface area contributed by atoms with Gasteiger partial charge in [-0.25, -0.2) is 9.97 Å². The van der Waals surface area contributed by atoms with Gasteiger partial charge in [-0.05, 0) is 35.4 Å². The summed E-state index contributed by atoms with van der Waals surface area (Å²) in [6, 6.07) is 0. The summed E-state index contributed by atoms with van der Waals surface area (Å²) in [6.45, 7) is 4.60. The number of halogens is 1. The summed E-state index contributed by atoms with van der Waals surface area (Å²) < 4.78 is 1.07. The van der Waals surface area contributed by atoms with E-state index in [1.807, 2.05) is 23.5 Å². The molecular weight excluding hydrogens is 389 g/mol. The molecule has 0 spiro atoms. The molecule has 1 aromatic heterocycles. The fraction of sp³-hybridized carbons (Fsp3) is 0.692. The number of thioether (sulfide) groups is 2. The molecule has 0 aromatic carbocycles. The first-order chi connectivity index (χ1) is 9.06. The molecule has 3 unspecified atom stereocenters. The molecular formula is C13H18IN3S2. The van der Waals surface area contributed by atoms with E-state index >= 15 is 0 Å². The van der Waals surface area contributed by atoms with E-state index in [0.29, 0.717) is 27.5 Å². The van der Waals surface area contributed by atoms with Gasteiger partial charge < -0.3 is 5.73 Å². The smallest absolute Gasteiger partial charge is 0.144 e. The van der Waals surface area contributed by atoms with Gasteiger partial charge >= 0.3 is 0 Å². The molecule has 2 N–H and O–H groups in total. The van der Waals surface area contributed by atoms with Gasteiger partial charge in [0.2, 0.25) is 0 Å². The maximum Gasteiger partial charge on any atom is 0.144 e. The highest BCUT2D eigenvalue weighted by Crippen LogP contribution is 2.46. The number of nitrogen functional groups attached to an aromatic ring is 1. The van der Waals surface area contributed by atoms with E-state index in [1.165, 1.54) is 18.5 Å². The first-order valence-electron chi connectivity index (χ1n) is 6.66. The van der Waals surface area contributed by atoms with Crippen molar-refractivity contribution in [2.75, 3.05) is 11.5 Å². The third-order valence-electron chi connectivity index (χ3n) is 3.72. The number of nitrogens with zero attached hydrogens (tertiary/aromatic N) is 2. The molecule has 2 aliphatic rings. The zero-order valence-corrected chi connectivity index (χ0v) is 14.9. The quantitative estimate of drug-likeness (QED) is 0.755. The molecule has 6 heteroatoms. The molecule has 1 aromatic rings. The molecule has 1 saturated heterocycles. The molecule has 3 rings (SSSR count). The molecule has 0 amide bonds. The Balaban J connectivity index is 1.88. The van der Waals surface area contributed by atoms with Crippen molar-refractivity contribution in [2.24, 2.45) is 0 Å². The number of anilines is 1. The Morgan fingerprint density at radius 2 is 1.95 bits per heavy atom. The molecule has 104 valence electrons. The number of hydrogen-bond donors (Lipinski definition) is 1. The topological polar surface area (TPSA) is 51.8 Å². The van der Waals surface area contributed by atoms with Crippen molar-refractivity contribution in [3.8, 4) is 0 Å². The standard InChI is InChI=1S/C13H18IN3S2/c1-6-7(2)19-9(5-18-6)13-16-11(8-3-4-8)10(14)12(15)17-13/h6-9H,3-5H2,1-2H3,(H2,15,16,17). The lowest BCUT2D eigenvalue weighted by atomic mass is 10.2. The van der Waals surface area contributed by atoms with E-state index in [1.54, 1.807) is 0 Å². The fourth-order valence-electron chi connectivity index (χ4n) is 2.19. The summed E-state index contributed by atoms with van der Waals surface area (Å²) in [5.41, 5.74) is 7.28. The second-order valence-electron chi connectivity index (χ2n) is 5.31. The van der Waals surface area contributed by atoms with Crippen LogP contribution < -0.4 is 5.73 Å². The largest absolute Gasteiger partial charge is 0.383 e. The Morgan fingerprint density at radius 1 is 1.21 bits per heavy atom. The second kappa shape index (κ2) is 5.60. The Bertz CT molecular complexity index is 493. The average molecular weight is 407 g/mol. The molecule has 0 radical (unpaired) electrons. The lowest BCUT2D eigenvalue weighted by Gasteiger charge is -2.30. The van der Waals surface area contributed by atoms with Crippen LogP contribution in [0, 0.1) is 3.57 Å². The van der Waals surface area contributed by atoms with Crippen LogP contribution in [-0.4, -0.2) is 26.2 Å². The predicted molar refractivity (Wildman–Crippen MR) is 92.9 cm³/mol. The molecule has 19 heavy (non-hydrogen) atoms. The average Bonchev–Trinajstić information content (AvgIpc) is 3.20. The highest BCUT2D eigenvalue weighted by Gasteiger charge is 2.32. The highest BCUT2D eigenvalue weighted by molar-refractivity contribution is 14.1. The molecule has 1 saturated carbocycles. The summed E-state index contributed by atoms with van der Waals surface area (Å²) in [5.74, 6) is 3.36. The van der Waals surface area contributed by atoms with Crippen LogP contribution >= 0.6 is 46.1 Å². The summed E-state index contributed by atoms with van der Waals surface area (Å²) >= 11 is 6.32. The van der Waals surface area contributed by atoms with Crippen molar-refractivity contribution in [3.63, 3.8) is 0 Å². The Morgan fingerprint density at radius 3 is 2.58 bits per heavy atom. The summed E-state index contributed by atoms with van der Waals surface area (Å²) in [7, 11) is 0. The SMILES string of the molecule is CC1SCC(c2nc(N)c(I)c(C3CC3)n2)SC1C. The van der Waals surface area contributed by atoms with Crippen molar-refractivity contribution in [1.29, 1.82) is 0 Å². The second-order valence-corrected chi connectivity index (χ2v) is 9.38. The van der Waals surface area contributed by atoms with Gasteiger partial charge in [-0.3, -0.25) is 0 Å². The van der Waals surface area contributed by atoms with E-state index in [2.05, 4.69) is 41.4 Å². The highest BCUT2D eigenvalue weighted by atomic mass is 127. The van der Waals surface area contributed by atoms with Gasteiger partial charge in [-0.15, -0.1) is 11.8 Å². The Hall–Kier alpha value is 0.310. The fourth-order valence-corrected chi connectivity index (χ4v) is 5.72. The minimum atomic E-state index is 0.396. The van der Waals surface area contributed by atoms with Gasteiger partial charge in [0.1, 0.15) is 11.6 Å². The van der Waals surface area contributed by atoms with Crippen molar-refractivity contribution in [2.45, 2.75) is 48.4 Å². The molecule has 1 aliphatic heterocycles. The molecule has 2 fully saturated rings. The lowest BCUT2D eigenvalue weighted by molar-refractivity contribution is 0.837. The van der Waals surface area contributed by atoms with Crippen LogP contribution in [0.5, 0.6) is 0 Å². The zero-order chi connectivity index (χ0) is 13.6. The summed E-state index contributed by atoms with van der Waals surface area (Å²) in [4.78, 5) is 9.40. The van der Waals surface area contributed by atoms with E-state index in [9.17, 15) is 0 Å². The van der Waals surface area contributed by atoms with E-state index in [0.717, 1.165) is 15.1 Å². The normalized spacial score (nSPS) is 31.4. The molecule has 3 nitrogen and oxygen atoms in total. The molecule has 2 heterocycles. The summed E-state index contributed by atoms with van der Waals surface area (Å²) in [5, 5.41) is 1.76.